The van der Waals surface area contributed by atoms with Gasteiger partial charge < -0.3 is 15.4 Å². The molecule has 2 aromatic rings. The highest BCUT2D eigenvalue weighted by molar-refractivity contribution is 6.58. The van der Waals surface area contributed by atoms with Crippen molar-refractivity contribution in [3.05, 3.63) is 65.7 Å². The van der Waals surface area contributed by atoms with Crippen molar-refractivity contribution in [2.75, 3.05) is 0 Å². The summed E-state index contributed by atoms with van der Waals surface area (Å²) in [4.78, 5) is 11.8. The summed E-state index contributed by atoms with van der Waals surface area (Å²) < 4.78 is 0. The molecule has 0 fully saturated rings. The summed E-state index contributed by atoms with van der Waals surface area (Å²) in [6.07, 6.45) is 0. The number of hydrogen-bond acceptors (Lipinski definition) is 3. The predicted octanol–water partition coefficient (Wildman–Crippen LogP) is 0.296. The van der Waals surface area contributed by atoms with Gasteiger partial charge in [-0.1, -0.05) is 42.5 Å². The number of carbonyl (C=O) groups is 1. The van der Waals surface area contributed by atoms with Crippen molar-refractivity contribution in [2.45, 2.75) is 6.54 Å². The van der Waals surface area contributed by atoms with Gasteiger partial charge in [-0.2, -0.15) is 0 Å². The van der Waals surface area contributed by atoms with Gasteiger partial charge in [-0.05, 0) is 23.2 Å². The molecule has 3 N–H and O–H groups in total. The van der Waals surface area contributed by atoms with Crippen molar-refractivity contribution < 1.29 is 14.8 Å². The van der Waals surface area contributed by atoms with E-state index in [0.717, 1.165) is 5.56 Å². The van der Waals surface area contributed by atoms with Crippen LogP contribution >= 0.6 is 0 Å². The van der Waals surface area contributed by atoms with Gasteiger partial charge in [-0.3, -0.25) is 4.79 Å². The van der Waals surface area contributed by atoms with Crippen LogP contribution in [-0.4, -0.2) is 23.1 Å². The Hall–Kier alpha value is -2.11. The van der Waals surface area contributed by atoms with E-state index in [-0.39, 0.29) is 5.91 Å². The molecule has 4 nitrogen and oxygen atoms in total. The van der Waals surface area contributed by atoms with Gasteiger partial charge in [0.2, 0.25) is 0 Å². The quantitative estimate of drug-likeness (QED) is 0.688. The average Bonchev–Trinajstić information content (AvgIpc) is 2.46. The third-order valence-corrected chi connectivity index (χ3v) is 2.74. The van der Waals surface area contributed by atoms with Crippen molar-refractivity contribution in [1.82, 2.24) is 5.32 Å². The maximum Gasteiger partial charge on any atom is 0.488 e. The van der Waals surface area contributed by atoms with E-state index in [4.69, 9.17) is 10.0 Å². The largest absolute Gasteiger partial charge is 0.488 e. The molecule has 0 bridgehead atoms. The first-order valence-corrected chi connectivity index (χ1v) is 5.95. The molecule has 0 saturated heterocycles. The summed E-state index contributed by atoms with van der Waals surface area (Å²) in [5, 5.41) is 20.9. The summed E-state index contributed by atoms with van der Waals surface area (Å²) in [5.74, 6) is -0.157. The fourth-order valence-electron chi connectivity index (χ4n) is 1.74. The minimum absolute atomic E-state index is 0.157. The summed E-state index contributed by atoms with van der Waals surface area (Å²) in [5.41, 5.74) is 1.82. The first-order chi connectivity index (χ1) is 9.16. The SMILES string of the molecule is O=C(NCc1cccc(B(O)O)c1)c1ccccc1. The highest BCUT2D eigenvalue weighted by Gasteiger charge is 2.11. The number of amides is 1. The highest BCUT2D eigenvalue weighted by Crippen LogP contribution is 2.01. The molecular weight excluding hydrogens is 241 g/mol. The van der Waals surface area contributed by atoms with Gasteiger partial charge in [0.25, 0.3) is 5.91 Å². The molecule has 0 aliphatic carbocycles. The number of rotatable bonds is 4. The molecule has 19 heavy (non-hydrogen) atoms. The molecule has 0 spiro atoms. The van der Waals surface area contributed by atoms with E-state index >= 15 is 0 Å². The topological polar surface area (TPSA) is 69.6 Å². The molecule has 0 aromatic heterocycles. The zero-order valence-corrected chi connectivity index (χ0v) is 10.3. The van der Waals surface area contributed by atoms with Crippen molar-refractivity contribution in [3.63, 3.8) is 0 Å². The van der Waals surface area contributed by atoms with Gasteiger partial charge in [-0.15, -0.1) is 0 Å². The minimum Gasteiger partial charge on any atom is -0.423 e. The van der Waals surface area contributed by atoms with Crippen LogP contribution in [-0.2, 0) is 6.54 Å². The standard InChI is InChI=1S/C14H14BNO3/c17-14(12-6-2-1-3-7-12)16-10-11-5-4-8-13(9-11)15(18)19/h1-9,18-19H,10H2,(H,16,17). The molecule has 0 radical (unpaired) electrons. The van der Waals surface area contributed by atoms with Crippen molar-refractivity contribution >= 4 is 18.5 Å². The molecule has 0 unspecified atom stereocenters. The second kappa shape index (κ2) is 6.18. The van der Waals surface area contributed by atoms with Crippen LogP contribution in [0.25, 0.3) is 0 Å². The summed E-state index contributed by atoms with van der Waals surface area (Å²) in [7, 11) is -1.50. The van der Waals surface area contributed by atoms with E-state index < -0.39 is 7.12 Å². The Morgan fingerprint density at radius 2 is 1.79 bits per heavy atom. The maximum atomic E-state index is 11.8. The second-order valence-corrected chi connectivity index (χ2v) is 4.17. The Kier molecular flexibility index (Phi) is 4.33. The smallest absolute Gasteiger partial charge is 0.423 e. The zero-order chi connectivity index (χ0) is 13.7. The van der Waals surface area contributed by atoms with Crippen molar-refractivity contribution in [3.8, 4) is 0 Å². The summed E-state index contributed by atoms with van der Waals surface area (Å²) >= 11 is 0. The van der Waals surface area contributed by atoms with Crippen LogP contribution in [0.3, 0.4) is 0 Å². The predicted molar refractivity (Wildman–Crippen MR) is 73.9 cm³/mol. The van der Waals surface area contributed by atoms with E-state index in [2.05, 4.69) is 5.32 Å². The first-order valence-electron chi connectivity index (χ1n) is 5.95. The third kappa shape index (κ3) is 3.68. The average molecular weight is 255 g/mol. The van der Waals surface area contributed by atoms with Crippen molar-refractivity contribution in [2.24, 2.45) is 0 Å². The van der Waals surface area contributed by atoms with Crippen LogP contribution in [0.5, 0.6) is 0 Å². The van der Waals surface area contributed by atoms with Gasteiger partial charge in [0.05, 0.1) is 0 Å². The van der Waals surface area contributed by atoms with E-state index in [1.54, 1.807) is 42.5 Å². The lowest BCUT2D eigenvalue weighted by Crippen LogP contribution is -2.30. The van der Waals surface area contributed by atoms with Crippen LogP contribution in [0, 0.1) is 0 Å². The second-order valence-electron chi connectivity index (χ2n) is 4.17. The van der Waals surface area contributed by atoms with Crippen LogP contribution in [0.2, 0.25) is 0 Å². The van der Waals surface area contributed by atoms with Crippen molar-refractivity contribution in [1.29, 1.82) is 0 Å². The molecule has 96 valence electrons. The lowest BCUT2D eigenvalue weighted by molar-refractivity contribution is 0.0951. The number of hydrogen-bond donors (Lipinski definition) is 3. The monoisotopic (exact) mass is 255 g/mol. The molecule has 0 atom stereocenters. The number of benzene rings is 2. The molecule has 0 aliphatic heterocycles. The van der Waals surface area contributed by atoms with E-state index in [1.165, 1.54) is 0 Å². The minimum atomic E-state index is -1.50. The van der Waals surface area contributed by atoms with Gasteiger partial charge in [-0.25, -0.2) is 0 Å². The normalized spacial score (nSPS) is 10.0. The highest BCUT2D eigenvalue weighted by atomic mass is 16.4. The Bertz CT molecular complexity index is 558. The molecule has 0 aliphatic rings. The maximum absolute atomic E-state index is 11.8. The van der Waals surface area contributed by atoms with E-state index in [1.807, 2.05) is 12.1 Å². The van der Waals surface area contributed by atoms with Crippen LogP contribution in [0.15, 0.2) is 54.6 Å². The lowest BCUT2D eigenvalue weighted by atomic mass is 9.79. The van der Waals surface area contributed by atoms with Gasteiger partial charge in [0.15, 0.2) is 0 Å². The molecule has 5 heteroatoms. The molecular formula is C14H14BNO3. The van der Waals surface area contributed by atoms with Gasteiger partial charge >= 0.3 is 7.12 Å². The molecule has 0 saturated carbocycles. The Morgan fingerprint density at radius 3 is 2.47 bits per heavy atom. The van der Waals surface area contributed by atoms with Gasteiger partial charge in [0, 0.05) is 12.1 Å². The Balaban J connectivity index is 1.99. The number of carbonyl (C=O) groups excluding carboxylic acids is 1. The number of nitrogens with one attached hydrogen (secondary N) is 1. The fraction of sp³-hybridized carbons (Fsp3) is 0.0714. The Labute approximate surface area is 111 Å². The third-order valence-electron chi connectivity index (χ3n) is 2.74. The first kappa shape index (κ1) is 13.3. The molecule has 1 amide bonds. The Morgan fingerprint density at radius 1 is 1.05 bits per heavy atom. The van der Waals surface area contributed by atoms with Gasteiger partial charge in [0.1, 0.15) is 0 Å². The molecule has 2 aromatic carbocycles. The van der Waals surface area contributed by atoms with Crippen LogP contribution in [0.1, 0.15) is 15.9 Å². The fourth-order valence-corrected chi connectivity index (χ4v) is 1.74. The summed E-state index contributed by atoms with van der Waals surface area (Å²) in [6, 6.07) is 15.7. The lowest BCUT2D eigenvalue weighted by Gasteiger charge is -2.07. The van der Waals surface area contributed by atoms with Crippen LogP contribution in [0.4, 0.5) is 0 Å². The zero-order valence-electron chi connectivity index (χ0n) is 10.3. The van der Waals surface area contributed by atoms with Crippen LogP contribution < -0.4 is 10.8 Å². The summed E-state index contributed by atoms with van der Waals surface area (Å²) in [6.45, 7) is 0.342. The molecule has 2 rings (SSSR count). The van der Waals surface area contributed by atoms with E-state index in [9.17, 15) is 4.79 Å². The molecule has 0 heterocycles. The van der Waals surface area contributed by atoms with E-state index in [0.29, 0.717) is 17.6 Å².